The third-order valence-corrected chi connectivity index (χ3v) is 4.40. The fourth-order valence-corrected chi connectivity index (χ4v) is 3.05. The van der Waals surface area contributed by atoms with Gasteiger partial charge in [0, 0.05) is 31.6 Å². The number of nitrogens with zero attached hydrogens (tertiary/aromatic N) is 1. The maximum Gasteiger partial charge on any atom is 0.227 e. The lowest BCUT2D eigenvalue weighted by atomic mass is 10.0. The largest absolute Gasteiger partial charge is 0.354 e. The molecule has 25 heavy (non-hydrogen) atoms. The van der Waals surface area contributed by atoms with Crippen LogP contribution in [0.2, 0.25) is 0 Å². The van der Waals surface area contributed by atoms with Gasteiger partial charge in [0.05, 0.1) is 0 Å². The van der Waals surface area contributed by atoms with Crippen molar-refractivity contribution in [2.75, 3.05) is 18.0 Å². The Morgan fingerprint density at radius 2 is 1.84 bits per heavy atom. The third-order valence-electron chi connectivity index (χ3n) is 4.40. The first-order chi connectivity index (χ1) is 12.1. The standard InChI is InChI=1S/C20H21FN2O2/c21-17-9-5-15(6-10-17)7-11-19(24)22-13-14-23-18-4-2-1-3-16(18)8-12-20(23)25/h1-6,9-10H,7-8,11-14H2,(H,22,24). The number of benzene rings is 2. The highest BCUT2D eigenvalue weighted by Crippen LogP contribution is 2.26. The van der Waals surface area contributed by atoms with Gasteiger partial charge >= 0.3 is 0 Å². The number of hydrogen-bond acceptors (Lipinski definition) is 2. The van der Waals surface area contributed by atoms with E-state index in [4.69, 9.17) is 0 Å². The molecule has 1 aliphatic heterocycles. The molecule has 4 nitrogen and oxygen atoms in total. The van der Waals surface area contributed by atoms with Crippen molar-refractivity contribution < 1.29 is 14.0 Å². The number of aryl methyl sites for hydroxylation is 2. The molecule has 1 aliphatic rings. The van der Waals surface area contributed by atoms with Gasteiger partial charge in [0.1, 0.15) is 5.82 Å². The summed E-state index contributed by atoms with van der Waals surface area (Å²) in [5, 5.41) is 2.86. The summed E-state index contributed by atoms with van der Waals surface area (Å²) < 4.78 is 12.9. The van der Waals surface area contributed by atoms with Crippen LogP contribution in [0.1, 0.15) is 24.0 Å². The van der Waals surface area contributed by atoms with Gasteiger partial charge in [0.25, 0.3) is 0 Å². The molecule has 1 N–H and O–H groups in total. The fourth-order valence-electron chi connectivity index (χ4n) is 3.05. The monoisotopic (exact) mass is 340 g/mol. The zero-order chi connectivity index (χ0) is 17.6. The Balaban J connectivity index is 1.47. The number of carbonyl (C=O) groups is 2. The molecule has 5 heteroatoms. The zero-order valence-corrected chi connectivity index (χ0v) is 14.0. The van der Waals surface area contributed by atoms with E-state index in [1.807, 2.05) is 24.3 Å². The second-order valence-electron chi connectivity index (χ2n) is 6.15. The normalized spacial score (nSPS) is 13.5. The van der Waals surface area contributed by atoms with Crippen molar-refractivity contribution in [1.82, 2.24) is 5.32 Å². The Morgan fingerprint density at radius 1 is 1.08 bits per heavy atom. The molecular formula is C20H21FN2O2. The van der Waals surface area contributed by atoms with Crippen LogP contribution in [0.25, 0.3) is 0 Å². The van der Waals surface area contributed by atoms with E-state index in [0.29, 0.717) is 32.4 Å². The molecule has 0 bridgehead atoms. The van der Waals surface area contributed by atoms with Gasteiger partial charge in [-0.2, -0.15) is 0 Å². The van der Waals surface area contributed by atoms with Gasteiger partial charge in [-0.3, -0.25) is 9.59 Å². The predicted molar refractivity (Wildman–Crippen MR) is 94.8 cm³/mol. The number of hydrogen-bond donors (Lipinski definition) is 1. The molecule has 2 aromatic rings. The van der Waals surface area contributed by atoms with Gasteiger partial charge in [0.15, 0.2) is 0 Å². The van der Waals surface area contributed by atoms with E-state index in [-0.39, 0.29) is 17.6 Å². The van der Waals surface area contributed by atoms with E-state index >= 15 is 0 Å². The van der Waals surface area contributed by atoms with Crippen LogP contribution in [0.3, 0.4) is 0 Å². The number of carbonyl (C=O) groups excluding carboxylic acids is 2. The molecule has 0 saturated carbocycles. The first-order valence-corrected chi connectivity index (χ1v) is 8.53. The van der Waals surface area contributed by atoms with Crippen LogP contribution >= 0.6 is 0 Å². The summed E-state index contributed by atoms with van der Waals surface area (Å²) in [5.74, 6) is -0.249. The van der Waals surface area contributed by atoms with Crippen LogP contribution in [-0.2, 0) is 22.4 Å². The maximum atomic E-state index is 12.9. The molecule has 0 unspecified atom stereocenters. The van der Waals surface area contributed by atoms with Crippen LogP contribution in [0.15, 0.2) is 48.5 Å². The number of halogens is 1. The van der Waals surface area contributed by atoms with Crippen molar-refractivity contribution >= 4 is 17.5 Å². The van der Waals surface area contributed by atoms with Crippen molar-refractivity contribution in [3.05, 3.63) is 65.5 Å². The quantitative estimate of drug-likeness (QED) is 0.879. The van der Waals surface area contributed by atoms with Crippen LogP contribution < -0.4 is 10.2 Å². The third kappa shape index (κ3) is 4.44. The average molecular weight is 340 g/mol. The Bertz CT molecular complexity index is 759. The zero-order valence-electron chi connectivity index (χ0n) is 14.0. The summed E-state index contributed by atoms with van der Waals surface area (Å²) in [6.45, 7) is 0.889. The molecule has 2 aromatic carbocycles. The number of nitrogens with one attached hydrogen (secondary N) is 1. The Morgan fingerprint density at radius 3 is 2.64 bits per heavy atom. The smallest absolute Gasteiger partial charge is 0.227 e. The van der Waals surface area contributed by atoms with Gasteiger partial charge < -0.3 is 10.2 Å². The number of para-hydroxylation sites is 1. The molecule has 0 radical (unpaired) electrons. The molecule has 130 valence electrons. The first-order valence-electron chi connectivity index (χ1n) is 8.53. The molecular weight excluding hydrogens is 319 g/mol. The second kappa shape index (κ2) is 7.92. The second-order valence-corrected chi connectivity index (χ2v) is 6.15. The lowest BCUT2D eigenvalue weighted by Crippen LogP contribution is -2.41. The summed E-state index contributed by atoms with van der Waals surface area (Å²) in [4.78, 5) is 25.9. The number of rotatable bonds is 6. The Labute approximate surface area is 146 Å². The molecule has 0 aliphatic carbocycles. The fraction of sp³-hybridized carbons (Fsp3) is 0.300. The summed E-state index contributed by atoms with van der Waals surface area (Å²) in [7, 11) is 0. The van der Waals surface area contributed by atoms with Crippen molar-refractivity contribution in [2.24, 2.45) is 0 Å². The average Bonchev–Trinajstić information content (AvgIpc) is 2.63. The van der Waals surface area contributed by atoms with Crippen LogP contribution in [0.4, 0.5) is 10.1 Å². The highest BCUT2D eigenvalue weighted by Gasteiger charge is 2.23. The minimum absolute atomic E-state index is 0.0675. The molecule has 0 aromatic heterocycles. The number of fused-ring (bicyclic) bond motifs is 1. The molecule has 0 atom stereocenters. The van der Waals surface area contributed by atoms with E-state index in [0.717, 1.165) is 17.7 Å². The summed E-state index contributed by atoms with van der Waals surface area (Å²) >= 11 is 0. The molecule has 1 heterocycles. The summed E-state index contributed by atoms with van der Waals surface area (Å²) in [5.41, 5.74) is 3.04. The number of anilines is 1. The lowest BCUT2D eigenvalue weighted by molar-refractivity contribution is -0.121. The van der Waals surface area contributed by atoms with Crippen molar-refractivity contribution in [3.8, 4) is 0 Å². The van der Waals surface area contributed by atoms with E-state index in [1.165, 1.54) is 17.7 Å². The molecule has 0 spiro atoms. The van der Waals surface area contributed by atoms with E-state index in [1.54, 1.807) is 17.0 Å². The number of amides is 2. The summed E-state index contributed by atoms with van der Waals surface area (Å²) in [6.07, 6.45) is 2.19. The van der Waals surface area contributed by atoms with Crippen LogP contribution in [0, 0.1) is 5.82 Å². The highest BCUT2D eigenvalue weighted by atomic mass is 19.1. The minimum atomic E-state index is -0.278. The SMILES string of the molecule is O=C(CCc1ccc(F)cc1)NCCN1C(=O)CCc2ccccc21. The van der Waals surface area contributed by atoms with Crippen molar-refractivity contribution in [3.63, 3.8) is 0 Å². The van der Waals surface area contributed by atoms with E-state index in [9.17, 15) is 14.0 Å². The van der Waals surface area contributed by atoms with Gasteiger partial charge in [-0.15, -0.1) is 0 Å². The Hall–Kier alpha value is -2.69. The van der Waals surface area contributed by atoms with Gasteiger partial charge in [0.2, 0.25) is 11.8 Å². The molecule has 2 amide bonds. The topological polar surface area (TPSA) is 49.4 Å². The van der Waals surface area contributed by atoms with Gasteiger partial charge in [-0.25, -0.2) is 4.39 Å². The van der Waals surface area contributed by atoms with E-state index < -0.39 is 0 Å². The van der Waals surface area contributed by atoms with Gasteiger partial charge in [-0.1, -0.05) is 30.3 Å². The van der Waals surface area contributed by atoms with Gasteiger partial charge in [-0.05, 0) is 42.2 Å². The lowest BCUT2D eigenvalue weighted by Gasteiger charge is -2.29. The Kier molecular flexibility index (Phi) is 5.43. The summed E-state index contributed by atoms with van der Waals surface area (Å²) in [6, 6.07) is 14.0. The maximum absolute atomic E-state index is 12.9. The predicted octanol–water partition coefficient (Wildman–Crippen LogP) is 2.85. The van der Waals surface area contributed by atoms with E-state index in [2.05, 4.69) is 5.32 Å². The highest BCUT2D eigenvalue weighted by molar-refractivity contribution is 5.96. The first kappa shape index (κ1) is 17.1. The molecule has 0 fully saturated rings. The molecule has 0 saturated heterocycles. The van der Waals surface area contributed by atoms with Crippen molar-refractivity contribution in [2.45, 2.75) is 25.7 Å². The minimum Gasteiger partial charge on any atom is -0.354 e. The van der Waals surface area contributed by atoms with Crippen LogP contribution in [0.5, 0.6) is 0 Å². The molecule has 3 rings (SSSR count). The van der Waals surface area contributed by atoms with Crippen molar-refractivity contribution in [1.29, 1.82) is 0 Å². The van der Waals surface area contributed by atoms with Crippen LogP contribution in [-0.4, -0.2) is 24.9 Å².